The van der Waals surface area contributed by atoms with Crippen molar-refractivity contribution in [2.45, 2.75) is 12.7 Å². The van der Waals surface area contributed by atoms with Gasteiger partial charge >= 0.3 is 0 Å². The maximum absolute atomic E-state index is 11.6. The summed E-state index contributed by atoms with van der Waals surface area (Å²) < 4.78 is 9.92. The van der Waals surface area contributed by atoms with Crippen LogP contribution in [0.15, 0.2) is 24.3 Å². The first-order valence-corrected chi connectivity index (χ1v) is 5.60. The number of ether oxygens (including phenoxy) is 2. The van der Waals surface area contributed by atoms with Crippen LogP contribution in [0.5, 0.6) is 0 Å². The Hall–Kier alpha value is -1.10. The third kappa shape index (κ3) is 5.17. The molecule has 0 atom stereocenters. The number of nitrogens with one attached hydrogen (secondary N) is 1. The number of carbonyl (C=O) groups excluding carboxylic acids is 1. The van der Waals surface area contributed by atoms with Crippen LogP contribution in [-0.2, 0) is 20.7 Å². The van der Waals surface area contributed by atoms with Crippen LogP contribution in [0.3, 0.4) is 0 Å². The van der Waals surface area contributed by atoms with Gasteiger partial charge in [-0.3, -0.25) is 4.79 Å². The summed E-state index contributed by atoms with van der Waals surface area (Å²) in [5, 5.41) is 3.39. The smallest absolute Gasteiger partial charge is 0.224 e. The molecule has 4 nitrogen and oxygen atoms in total. The number of rotatable bonds is 6. The number of methoxy groups -OCH3 is 2. The lowest BCUT2D eigenvalue weighted by molar-refractivity contribution is -0.126. The summed E-state index contributed by atoms with van der Waals surface area (Å²) in [7, 11) is 3.05. The molecule has 0 aliphatic rings. The second-order valence-electron chi connectivity index (χ2n) is 3.51. The SMILES string of the molecule is COC(CNC(=O)Cc1ccc(Cl)cc1)OC. The quantitative estimate of drug-likeness (QED) is 0.788. The van der Waals surface area contributed by atoms with E-state index in [2.05, 4.69) is 5.32 Å². The molecule has 0 unspecified atom stereocenters. The molecule has 0 fully saturated rings. The van der Waals surface area contributed by atoms with Crippen LogP contribution in [0.2, 0.25) is 5.02 Å². The Kier molecular flexibility index (Phi) is 5.97. The molecule has 0 saturated carbocycles. The maximum atomic E-state index is 11.6. The van der Waals surface area contributed by atoms with E-state index < -0.39 is 6.29 Å². The average molecular weight is 258 g/mol. The first-order valence-electron chi connectivity index (χ1n) is 5.22. The van der Waals surface area contributed by atoms with Crippen molar-refractivity contribution < 1.29 is 14.3 Å². The Morgan fingerprint density at radius 3 is 2.41 bits per heavy atom. The summed E-state index contributed by atoms with van der Waals surface area (Å²) in [4.78, 5) is 11.6. The fourth-order valence-corrected chi connectivity index (χ4v) is 1.44. The fourth-order valence-electron chi connectivity index (χ4n) is 1.31. The molecule has 5 heteroatoms. The number of carbonyl (C=O) groups is 1. The summed E-state index contributed by atoms with van der Waals surface area (Å²) >= 11 is 5.75. The minimum Gasteiger partial charge on any atom is -0.354 e. The minimum atomic E-state index is -0.413. The second-order valence-corrected chi connectivity index (χ2v) is 3.94. The zero-order valence-electron chi connectivity index (χ0n) is 9.90. The van der Waals surface area contributed by atoms with Gasteiger partial charge in [0.15, 0.2) is 6.29 Å². The second kappa shape index (κ2) is 7.27. The summed E-state index contributed by atoms with van der Waals surface area (Å²) in [6.07, 6.45) is -0.0960. The Bertz CT molecular complexity index is 349. The van der Waals surface area contributed by atoms with E-state index >= 15 is 0 Å². The van der Waals surface area contributed by atoms with Crippen molar-refractivity contribution >= 4 is 17.5 Å². The molecule has 17 heavy (non-hydrogen) atoms. The molecule has 0 bridgehead atoms. The number of hydrogen-bond acceptors (Lipinski definition) is 3. The molecule has 0 spiro atoms. The topological polar surface area (TPSA) is 47.6 Å². The van der Waals surface area contributed by atoms with Crippen molar-refractivity contribution in [2.24, 2.45) is 0 Å². The summed E-state index contributed by atoms with van der Waals surface area (Å²) in [6.45, 7) is 0.333. The van der Waals surface area contributed by atoms with E-state index in [1.807, 2.05) is 12.1 Å². The maximum Gasteiger partial charge on any atom is 0.224 e. The van der Waals surface area contributed by atoms with Crippen molar-refractivity contribution in [3.63, 3.8) is 0 Å². The van der Waals surface area contributed by atoms with Crippen LogP contribution >= 0.6 is 11.6 Å². The normalized spacial score (nSPS) is 10.6. The van der Waals surface area contributed by atoms with Crippen molar-refractivity contribution in [3.8, 4) is 0 Å². The van der Waals surface area contributed by atoms with E-state index in [0.29, 0.717) is 18.0 Å². The standard InChI is InChI=1S/C12H16ClNO3/c1-16-12(17-2)8-14-11(15)7-9-3-5-10(13)6-4-9/h3-6,12H,7-8H2,1-2H3,(H,14,15). The molecule has 1 N–H and O–H groups in total. The van der Waals surface area contributed by atoms with Gasteiger partial charge in [0, 0.05) is 19.2 Å². The molecule has 1 aromatic carbocycles. The van der Waals surface area contributed by atoms with E-state index in [0.717, 1.165) is 5.56 Å². The van der Waals surface area contributed by atoms with E-state index in [1.165, 1.54) is 14.2 Å². The van der Waals surface area contributed by atoms with Gasteiger partial charge in [0.25, 0.3) is 0 Å². The molecule has 0 aliphatic heterocycles. The third-order valence-corrected chi connectivity index (χ3v) is 2.52. The van der Waals surface area contributed by atoms with Crippen molar-refractivity contribution in [1.82, 2.24) is 5.32 Å². The lowest BCUT2D eigenvalue weighted by atomic mass is 10.1. The lowest BCUT2D eigenvalue weighted by Crippen LogP contribution is -2.34. The fraction of sp³-hybridized carbons (Fsp3) is 0.417. The van der Waals surface area contributed by atoms with Gasteiger partial charge in [-0.15, -0.1) is 0 Å². The van der Waals surface area contributed by atoms with Gasteiger partial charge in [-0.2, -0.15) is 0 Å². The highest BCUT2D eigenvalue weighted by molar-refractivity contribution is 6.30. The van der Waals surface area contributed by atoms with Crippen LogP contribution in [-0.4, -0.2) is 33.0 Å². The van der Waals surface area contributed by atoms with Gasteiger partial charge in [0.05, 0.1) is 13.0 Å². The van der Waals surface area contributed by atoms with E-state index in [-0.39, 0.29) is 5.91 Å². The predicted octanol–water partition coefficient (Wildman–Crippen LogP) is 1.62. The van der Waals surface area contributed by atoms with Crippen LogP contribution in [0, 0.1) is 0 Å². The van der Waals surface area contributed by atoms with Gasteiger partial charge in [-0.05, 0) is 17.7 Å². The van der Waals surface area contributed by atoms with Crippen LogP contribution in [0.25, 0.3) is 0 Å². The molecule has 0 heterocycles. The molecule has 0 radical (unpaired) electrons. The Morgan fingerprint density at radius 1 is 1.29 bits per heavy atom. The molecular formula is C12H16ClNO3. The van der Waals surface area contributed by atoms with Gasteiger partial charge < -0.3 is 14.8 Å². The van der Waals surface area contributed by atoms with Crippen LogP contribution in [0.1, 0.15) is 5.56 Å². The average Bonchev–Trinajstić information content (AvgIpc) is 2.33. The van der Waals surface area contributed by atoms with Crippen molar-refractivity contribution in [1.29, 1.82) is 0 Å². The van der Waals surface area contributed by atoms with Crippen LogP contribution < -0.4 is 5.32 Å². The number of hydrogen-bond donors (Lipinski definition) is 1. The molecule has 1 aromatic rings. The zero-order valence-corrected chi connectivity index (χ0v) is 10.7. The number of amides is 1. The van der Waals surface area contributed by atoms with Gasteiger partial charge in [-0.25, -0.2) is 0 Å². The molecule has 0 saturated heterocycles. The molecule has 1 amide bonds. The minimum absolute atomic E-state index is 0.0774. The highest BCUT2D eigenvalue weighted by atomic mass is 35.5. The van der Waals surface area contributed by atoms with Crippen molar-refractivity contribution in [3.05, 3.63) is 34.9 Å². The third-order valence-electron chi connectivity index (χ3n) is 2.27. The molecule has 1 rings (SSSR count). The monoisotopic (exact) mass is 257 g/mol. The van der Waals surface area contributed by atoms with Gasteiger partial charge in [-0.1, -0.05) is 23.7 Å². The summed E-state index contributed by atoms with van der Waals surface area (Å²) in [6, 6.07) is 7.17. The van der Waals surface area contributed by atoms with Gasteiger partial charge in [0.1, 0.15) is 0 Å². The molecular weight excluding hydrogens is 242 g/mol. The summed E-state index contributed by atoms with van der Waals surface area (Å²) in [5.74, 6) is -0.0774. The first-order chi connectivity index (χ1) is 8.15. The summed E-state index contributed by atoms with van der Waals surface area (Å²) in [5.41, 5.74) is 0.915. The molecule has 0 aromatic heterocycles. The highest BCUT2D eigenvalue weighted by Gasteiger charge is 2.08. The van der Waals surface area contributed by atoms with E-state index in [1.54, 1.807) is 12.1 Å². The van der Waals surface area contributed by atoms with Crippen LogP contribution in [0.4, 0.5) is 0 Å². The first kappa shape index (κ1) is 14.0. The van der Waals surface area contributed by atoms with E-state index in [9.17, 15) is 4.79 Å². The lowest BCUT2D eigenvalue weighted by Gasteiger charge is -2.13. The zero-order chi connectivity index (χ0) is 12.7. The molecule has 0 aliphatic carbocycles. The van der Waals surface area contributed by atoms with E-state index in [4.69, 9.17) is 21.1 Å². The Morgan fingerprint density at radius 2 is 1.88 bits per heavy atom. The van der Waals surface area contributed by atoms with Gasteiger partial charge in [0.2, 0.25) is 5.91 Å². The molecule has 94 valence electrons. The largest absolute Gasteiger partial charge is 0.354 e. The van der Waals surface area contributed by atoms with Crippen molar-refractivity contribution in [2.75, 3.05) is 20.8 Å². The Balaban J connectivity index is 2.37. The number of halogens is 1. The number of benzene rings is 1. The predicted molar refractivity (Wildman–Crippen MR) is 66.0 cm³/mol. The Labute approximate surface area is 106 Å². The highest BCUT2D eigenvalue weighted by Crippen LogP contribution is 2.09.